The molecule has 0 aliphatic rings. The average Bonchev–Trinajstić information content (AvgIpc) is 2.35. The van der Waals surface area contributed by atoms with Crippen molar-refractivity contribution in [2.45, 2.75) is 25.7 Å². The van der Waals surface area contributed by atoms with Crippen LogP contribution in [0, 0.1) is 0 Å². The molecule has 104 valence electrons. The summed E-state index contributed by atoms with van der Waals surface area (Å²) in [6.45, 7) is 7.97. The van der Waals surface area contributed by atoms with Crippen LogP contribution in [0.3, 0.4) is 0 Å². The molecule has 0 fully saturated rings. The molecule has 0 aromatic carbocycles. The second-order valence-corrected chi connectivity index (χ2v) is 8.66. The lowest BCUT2D eigenvalue weighted by Gasteiger charge is -2.31. The number of rotatable bonds is 10. The predicted octanol–water partition coefficient (Wildman–Crippen LogP) is 3.38. The molecular weight excluding hydrogens is 273 g/mol. The van der Waals surface area contributed by atoms with Gasteiger partial charge < -0.3 is 9.05 Å². The van der Waals surface area contributed by atoms with Crippen molar-refractivity contribution in [1.29, 1.82) is 0 Å². The van der Waals surface area contributed by atoms with E-state index in [1.165, 1.54) is 14.2 Å². The first-order valence-corrected chi connectivity index (χ1v) is 9.10. The monoisotopic (exact) mass is 295 g/mol. The molecule has 18 heavy (non-hydrogen) atoms. The first-order chi connectivity index (χ1) is 8.44. The fraction of sp³-hybridized carbons (Fsp3) is 0.800. The zero-order chi connectivity index (χ0) is 14.2. The summed E-state index contributed by atoms with van der Waals surface area (Å²) in [5, 5.41) is -0.669. The quantitative estimate of drug-likeness (QED) is 0.351. The Morgan fingerprint density at radius 3 is 2.00 bits per heavy atom. The molecule has 5 nitrogen and oxygen atoms in total. The molecule has 2 radical (unpaired) electrons. The normalized spacial score (nSPS) is 14.4. The molecule has 0 amide bonds. The Morgan fingerprint density at radius 2 is 1.72 bits per heavy atom. The molecule has 0 saturated heterocycles. The zero-order valence-electron chi connectivity index (χ0n) is 11.5. The third kappa shape index (κ3) is 4.45. The van der Waals surface area contributed by atoms with Crippen LogP contribution in [0.1, 0.15) is 20.3 Å². The molecule has 0 aliphatic carbocycles. The lowest BCUT2D eigenvalue weighted by atomic mass is 10.5. The van der Waals surface area contributed by atoms with Crippen LogP contribution in [0.2, 0.25) is 0 Å². The van der Waals surface area contributed by atoms with Crippen molar-refractivity contribution in [1.82, 2.24) is 0 Å². The Hall–Kier alpha value is 0.305. The van der Waals surface area contributed by atoms with Gasteiger partial charge in [0.15, 0.2) is 0 Å². The Labute approximate surface area is 112 Å². The van der Waals surface area contributed by atoms with Crippen LogP contribution >= 0.6 is 15.2 Å². The van der Waals surface area contributed by atoms with Crippen molar-refractivity contribution in [3.8, 4) is 0 Å². The molecule has 0 N–H and O–H groups in total. The van der Waals surface area contributed by atoms with Gasteiger partial charge in [-0.25, -0.2) is 9.05 Å². The molecule has 8 heteroatoms. The predicted molar refractivity (Wildman–Crippen MR) is 76.2 cm³/mol. The maximum atomic E-state index is 12.5. The van der Waals surface area contributed by atoms with E-state index in [1.54, 1.807) is 19.9 Å². The maximum absolute atomic E-state index is 12.5. The number of allylic oxidation sites excluding steroid dienone is 1. The summed E-state index contributed by atoms with van der Waals surface area (Å²) in [6.07, 6.45) is 1.94. The van der Waals surface area contributed by atoms with Crippen LogP contribution in [0.4, 0.5) is 0 Å². The van der Waals surface area contributed by atoms with Crippen LogP contribution in [-0.4, -0.2) is 40.4 Å². The van der Waals surface area contributed by atoms with E-state index in [9.17, 15) is 4.57 Å². The van der Waals surface area contributed by atoms with E-state index in [2.05, 4.69) is 6.58 Å². The van der Waals surface area contributed by atoms with E-state index in [0.29, 0.717) is 19.6 Å². The minimum atomic E-state index is -3.39. The van der Waals surface area contributed by atoms with Crippen molar-refractivity contribution in [3.63, 3.8) is 0 Å². The van der Waals surface area contributed by atoms with Crippen molar-refractivity contribution in [2.75, 3.05) is 27.4 Å². The van der Waals surface area contributed by atoms with E-state index in [0.717, 1.165) is 0 Å². The largest absolute Gasteiger partial charge is 0.445 e. The second-order valence-electron chi connectivity index (χ2n) is 3.39. The van der Waals surface area contributed by atoms with E-state index < -0.39 is 20.6 Å². The molecule has 1 unspecified atom stereocenters. The van der Waals surface area contributed by atoms with E-state index in [4.69, 9.17) is 25.7 Å². The average molecular weight is 295 g/mol. The Kier molecular flexibility index (Phi) is 8.61. The lowest BCUT2D eigenvalue weighted by Crippen LogP contribution is -2.20. The number of hydrogen-bond acceptors (Lipinski definition) is 5. The van der Waals surface area contributed by atoms with Gasteiger partial charge in [-0.05, 0) is 13.8 Å². The minimum Gasteiger partial charge on any atom is -0.309 e. The smallest absolute Gasteiger partial charge is 0.309 e. The molecular formula is C10H22BO5P2+. The molecule has 0 spiro atoms. The van der Waals surface area contributed by atoms with Gasteiger partial charge in [0.05, 0.1) is 13.2 Å². The molecule has 0 bridgehead atoms. The SMILES string of the molecule is [B][P+](OCC)(OCC)C(CC=C)P(=O)(OC)OC. The summed E-state index contributed by atoms with van der Waals surface area (Å²) in [4.78, 5) is 0. The van der Waals surface area contributed by atoms with Crippen molar-refractivity contribution in [2.24, 2.45) is 0 Å². The number of hydrogen-bond donors (Lipinski definition) is 0. The molecule has 0 aromatic rings. The molecule has 1 atom stereocenters. The van der Waals surface area contributed by atoms with Gasteiger partial charge >= 0.3 is 15.2 Å². The molecule has 0 rings (SSSR count). The zero-order valence-corrected chi connectivity index (χ0v) is 13.3. The highest BCUT2D eigenvalue weighted by atomic mass is 31.3. The Morgan fingerprint density at radius 1 is 1.28 bits per heavy atom. The van der Waals surface area contributed by atoms with Gasteiger partial charge in [-0.1, -0.05) is 6.08 Å². The maximum Gasteiger partial charge on any atom is 0.445 e. The highest BCUT2D eigenvalue weighted by molar-refractivity contribution is 7.96. The summed E-state index contributed by atoms with van der Waals surface area (Å²) < 4.78 is 33.6. The van der Waals surface area contributed by atoms with Crippen LogP contribution in [-0.2, 0) is 22.7 Å². The third-order valence-electron chi connectivity index (χ3n) is 2.33. The first kappa shape index (κ1) is 18.3. The lowest BCUT2D eigenvalue weighted by molar-refractivity contribution is 0.243. The fourth-order valence-electron chi connectivity index (χ4n) is 1.55. The minimum absolute atomic E-state index is 0.337. The molecule has 0 heterocycles. The van der Waals surface area contributed by atoms with Gasteiger partial charge in [-0.15, -0.1) is 6.58 Å². The van der Waals surface area contributed by atoms with E-state index in [-0.39, 0.29) is 0 Å². The Bertz CT molecular complexity index is 286. The van der Waals surface area contributed by atoms with Gasteiger partial charge in [-0.3, -0.25) is 4.57 Å². The van der Waals surface area contributed by atoms with Gasteiger partial charge in [0.2, 0.25) is 13.0 Å². The van der Waals surface area contributed by atoms with Crippen LogP contribution in [0.5, 0.6) is 0 Å². The summed E-state index contributed by atoms with van der Waals surface area (Å²) in [7, 11) is 2.60. The topological polar surface area (TPSA) is 54.0 Å². The highest BCUT2D eigenvalue weighted by Crippen LogP contribution is 2.75. The third-order valence-corrected chi connectivity index (χ3v) is 8.47. The first-order valence-electron chi connectivity index (χ1n) is 5.72. The van der Waals surface area contributed by atoms with Crippen LogP contribution in [0.15, 0.2) is 12.7 Å². The van der Waals surface area contributed by atoms with E-state index in [1.807, 2.05) is 0 Å². The van der Waals surface area contributed by atoms with Gasteiger partial charge in [0.25, 0.3) is 0 Å². The van der Waals surface area contributed by atoms with Crippen LogP contribution < -0.4 is 0 Å². The fourth-order valence-corrected chi connectivity index (χ4v) is 6.81. The molecule has 0 aliphatic heterocycles. The van der Waals surface area contributed by atoms with Gasteiger partial charge in [0.1, 0.15) is 0 Å². The van der Waals surface area contributed by atoms with Crippen molar-refractivity contribution >= 4 is 22.8 Å². The molecule has 0 saturated carbocycles. The standard InChI is InChI=1S/C10H22BO5P2/c1-6-9-10(18(12,13-4)14-5)17(11,15-7-2)16-8-3/h6,10H,1,7-9H2,2-5H3/q+1. The van der Waals surface area contributed by atoms with Crippen LogP contribution in [0.25, 0.3) is 0 Å². The summed E-state index contributed by atoms with van der Waals surface area (Å²) >= 11 is 0. The van der Waals surface area contributed by atoms with Gasteiger partial charge in [-0.2, -0.15) is 0 Å². The molecule has 0 aromatic heterocycles. The summed E-state index contributed by atoms with van der Waals surface area (Å²) in [6, 6.07) is 0. The van der Waals surface area contributed by atoms with Gasteiger partial charge in [0, 0.05) is 20.6 Å². The summed E-state index contributed by atoms with van der Waals surface area (Å²) in [5.74, 6) is 0. The van der Waals surface area contributed by atoms with Crippen molar-refractivity contribution in [3.05, 3.63) is 12.7 Å². The van der Waals surface area contributed by atoms with E-state index >= 15 is 0 Å². The summed E-state index contributed by atoms with van der Waals surface area (Å²) in [5.41, 5.74) is 0. The van der Waals surface area contributed by atoms with Crippen molar-refractivity contribution < 1.29 is 22.7 Å². The Balaban J connectivity index is 5.38. The highest BCUT2D eigenvalue weighted by Gasteiger charge is 2.56. The second kappa shape index (κ2) is 8.47.